The van der Waals surface area contributed by atoms with Crippen LogP contribution in [0.1, 0.15) is 18.5 Å². The Morgan fingerprint density at radius 3 is 2.86 bits per heavy atom. The number of anilines is 2. The largest absolute Gasteiger partial charge is 0.369 e. The third-order valence-corrected chi connectivity index (χ3v) is 4.85. The molecule has 6 nitrogen and oxygen atoms in total. The van der Waals surface area contributed by atoms with Crippen LogP contribution < -0.4 is 20.4 Å². The van der Waals surface area contributed by atoms with Gasteiger partial charge in [-0.05, 0) is 43.2 Å². The molecule has 2 N–H and O–H groups in total. The lowest BCUT2D eigenvalue weighted by molar-refractivity contribution is 0.467. The minimum Gasteiger partial charge on any atom is -0.369 e. The van der Waals surface area contributed by atoms with Crippen LogP contribution in [0, 0.1) is 5.82 Å². The van der Waals surface area contributed by atoms with Crippen molar-refractivity contribution in [1.82, 2.24) is 15.6 Å². The Morgan fingerprint density at radius 2 is 2.11 bits per heavy atom. The molecule has 2 aromatic rings. The van der Waals surface area contributed by atoms with Crippen molar-refractivity contribution in [2.45, 2.75) is 25.4 Å². The predicted molar refractivity (Wildman–Crippen MR) is 114 cm³/mol. The monoisotopic (exact) mass is 384 g/mol. The Balaban J connectivity index is 1.56. The molecule has 1 atom stereocenters. The number of pyridine rings is 1. The van der Waals surface area contributed by atoms with Crippen molar-refractivity contribution in [1.29, 1.82) is 0 Å². The molecule has 28 heavy (non-hydrogen) atoms. The molecule has 1 aromatic heterocycles. The maximum absolute atomic E-state index is 13.5. The van der Waals surface area contributed by atoms with Gasteiger partial charge in [0.1, 0.15) is 11.6 Å². The first-order chi connectivity index (χ1) is 13.5. The molecular formula is C21H29FN6. The highest BCUT2D eigenvalue weighted by molar-refractivity contribution is 5.80. The van der Waals surface area contributed by atoms with E-state index in [1.807, 2.05) is 43.3 Å². The maximum atomic E-state index is 13.5. The molecule has 1 aromatic carbocycles. The lowest BCUT2D eigenvalue weighted by Crippen LogP contribution is -2.51. The van der Waals surface area contributed by atoms with Crippen LogP contribution in [0.3, 0.4) is 0 Å². The van der Waals surface area contributed by atoms with E-state index in [1.54, 1.807) is 19.2 Å². The van der Waals surface area contributed by atoms with E-state index in [-0.39, 0.29) is 11.9 Å². The first-order valence-corrected chi connectivity index (χ1v) is 9.66. The van der Waals surface area contributed by atoms with Gasteiger partial charge in [-0.3, -0.25) is 4.99 Å². The lowest BCUT2D eigenvalue weighted by atomic mass is 10.0. The second-order valence-corrected chi connectivity index (χ2v) is 7.22. The summed E-state index contributed by atoms with van der Waals surface area (Å²) in [6.45, 7) is 2.36. The topological polar surface area (TPSA) is 55.8 Å². The van der Waals surface area contributed by atoms with E-state index in [9.17, 15) is 4.39 Å². The van der Waals surface area contributed by atoms with Crippen LogP contribution in [0.15, 0.2) is 47.5 Å². The molecule has 1 aliphatic heterocycles. The molecule has 0 spiro atoms. The highest BCUT2D eigenvalue weighted by Crippen LogP contribution is 2.20. The zero-order valence-corrected chi connectivity index (χ0v) is 16.8. The lowest BCUT2D eigenvalue weighted by Gasteiger charge is -2.35. The SMILES string of the molecule is CN=C(NCc1cccc(N(C)C)n1)NC1CCCN(c2cccc(F)c2)C1. The van der Waals surface area contributed by atoms with E-state index < -0.39 is 0 Å². The number of nitrogens with one attached hydrogen (secondary N) is 2. The number of hydrogen-bond acceptors (Lipinski definition) is 4. The molecule has 3 rings (SSSR count). The number of hydrogen-bond donors (Lipinski definition) is 2. The number of benzene rings is 1. The molecule has 0 radical (unpaired) electrons. The van der Waals surface area contributed by atoms with Crippen molar-refractivity contribution < 1.29 is 4.39 Å². The first-order valence-electron chi connectivity index (χ1n) is 9.66. The zero-order chi connectivity index (χ0) is 19.9. The van der Waals surface area contributed by atoms with E-state index >= 15 is 0 Å². The molecule has 0 bridgehead atoms. The Hall–Kier alpha value is -2.83. The summed E-state index contributed by atoms with van der Waals surface area (Å²) in [5.41, 5.74) is 1.89. The van der Waals surface area contributed by atoms with E-state index in [4.69, 9.17) is 0 Å². The average molecular weight is 385 g/mol. The normalized spacial score (nSPS) is 17.4. The van der Waals surface area contributed by atoms with Crippen LogP contribution >= 0.6 is 0 Å². The summed E-state index contributed by atoms with van der Waals surface area (Å²) >= 11 is 0. The van der Waals surface area contributed by atoms with Crippen LogP contribution in [-0.4, -0.2) is 51.2 Å². The fourth-order valence-corrected chi connectivity index (χ4v) is 3.38. The average Bonchev–Trinajstić information content (AvgIpc) is 2.71. The summed E-state index contributed by atoms with van der Waals surface area (Å²) in [6.07, 6.45) is 2.11. The minimum atomic E-state index is -0.197. The van der Waals surface area contributed by atoms with Crippen LogP contribution in [-0.2, 0) is 6.54 Å². The van der Waals surface area contributed by atoms with Gasteiger partial charge in [-0.15, -0.1) is 0 Å². The highest BCUT2D eigenvalue weighted by atomic mass is 19.1. The first kappa shape index (κ1) is 19.9. The van der Waals surface area contributed by atoms with Gasteiger partial charge in [-0.2, -0.15) is 0 Å². The third-order valence-electron chi connectivity index (χ3n) is 4.85. The van der Waals surface area contributed by atoms with Crippen molar-refractivity contribution in [3.8, 4) is 0 Å². The number of aromatic nitrogens is 1. The number of piperidine rings is 1. The van der Waals surface area contributed by atoms with Gasteiger partial charge in [-0.1, -0.05) is 12.1 Å². The third kappa shape index (κ3) is 5.34. The van der Waals surface area contributed by atoms with Crippen LogP contribution in [0.2, 0.25) is 0 Å². The van der Waals surface area contributed by atoms with Gasteiger partial charge in [0.05, 0.1) is 12.2 Å². The van der Waals surface area contributed by atoms with Crippen molar-refractivity contribution >= 4 is 17.5 Å². The van der Waals surface area contributed by atoms with Gasteiger partial charge >= 0.3 is 0 Å². The molecule has 0 aliphatic carbocycles. The second-order valence-electron chi connectivity index (χ2n) is 7.22. The molecule has 1 aliphatic rings. The molecule has 0 amide bonds. The van der Waals surface area contributed by atoms with Gasteiger partial charge in [0.2, 0.25) is 0 Å². The Bertz CT molecular complexity index is 807. The Labute approximate surface area is 166 Å². The van der Waals surface area contributed by atoms with Gasteiger partial charge in [0, 0.05) is 46.0 Å². The Kier molecular flexibility index (Phi) is 6.68. The van der Waals surface area contributed by atoms with Crippen LogP contribution in [0.25, 0.3) is 0 Å². The van der Waals surface area contributed by atoms with E-state index in [0.29, 0.717) is 6.54 Å². The number of guanidine groups is 1. The van der Waals surface area contributed by atoms with E-state index in [2.05, 4.69) is 25.5 Å². The maximum Gasteiger partial charge on any atom is 0.191 e. The molecule has 0 saturated carbocycles. The summed E-state index contributed by atoms with van der Waals surface area (Å²) < 4.78 is 13.5. The van der Waals surface area contributed by atoms with Gasteiger partial charge in [0.15, 0.2) is 5.96 Å². The van der Waals surface area contributed by atoms with Crippen molar-refractivity contribution in [2.75, 3.05) is 44.0 Å². The smallest absolute Gasteiger partial charge is 0.191 e. The Morgan fingerprint density at radius 1 is 1.29 bits per heavy atom. The molecule has 7 heteroatoms. The number of rotatable bonds is 5. The second kappa shape index (κ2) is 9.39. The predicted octanol–water partition coefficient (Wildman–Crippen LogP) is 2.62. The van der Waals surface area contributed by atoms with Gasteiger partial charge in [0.25, 0.3) is 0 Å². The molecule has 2 heterocycles. The summed E-state index contributed by atoms with van der Waals surface area (Å²) in [5.74, 6) is 1.49. The number of aliphatic imine (C=N–C) groups is 1. The summed E-state index contributed by atoms with van der Waals surface area (Å²) in [5, 5.41) is 6.84. The van der Waals surface area contributed by atoms with Crippen LogP contribution in [0.5, 0.6) is 0 Å². The van der Waals surface area contributed by atoms with E-state index in [1.165, 1.54) is 6.07 Å². The van der Waals surface area contributed by atoms with Gasteiger partial charge < -0.3 is 20.4 Å². The fourth-order valence-electron chi connectivity index (χ4n) is 3.38. The number of halogens is 1. The molecule has 1 fully saturated rings. The highest BCUT2D eigenvalue weighted by Gasteiger charge is 2.21. The van der Waals surface area contributed by atoms with Crippen molar-refractivity contribution in [3.05, 3.63) is 54.0 Å². The summed E-state index contributed by atoms with van der Waals surface area (Å²) in [4.78, 5) is 13.2. The summed E-state index contributed by atoms with van der Waals surface area (Å²) in [7, 11) is 5.73. The molecule has 150 valence electrons. The van der Waals surface area contributed by atoms with E-state index in [0.717, 1.165) is 49.1 Å². The quantitative estimate of drug-likeness (QED) is 0.613. The minimum absolute atomic E-state index is 0.197. The summed E-state index contributed by atoms with van der Waals surface area (Å²) in [6, 6.07) is 13.0. The zero-order valence-electron chi connectivity index (χ0n) is 16.8. The van der Waals surface area contributed by atoms with Crippen molar-refractivity contribution in [3.63, 3.8) is 0 Å². The molecule has 1 saturated heterocycles. The standard InChI is InChI=1S/C21H29FN6/c1-23-21(24-14-17-8-5-11-20(25-17)27(2)3)26-18-9-6-12-28(15-18)19-10-4-7-16(22)13-19/h4-5,7-8,10-11,13,18H,6,9,12,14-15H2,1-3H3,(H2,23,24,26). The fraction of sp³-hybridized carbons (Fsp3) is 0.429. The van der Waals surface area contributed by atoms with Crippen LogP contribution in [0.4, 0.5) is 15.9 Å². The van der Waals surface area contributed by atoms with Gasteiger partial charge in [-0.25, -0.2) is 9.37 Å². The molecular weight excluding hydrogens is 355 g/mol. The molecule has 1 unspecified atom stereocenters. The van der Waals surface area contributed by atoms with Crippen molar-refractivity contribution in [2.24, 2.45) is 4.99 Å². The number of nitrogens with zero attached hydrogens (tertiary/aromatic N) is 4.